The zero-order chi connectivity index (χ0) is 22.0. The Labute approximate surface area is 181 Å². The molecule has 1 aliphatic carbocycles. The molecule has 2 unspecified atom stereocenters. The summed E-state index contributed by atoms with van der Waals surface area (Å²) in [5.41, 5.74) is 2.07. The van der Waals surface area contributed by atoms with E-state index < -0.39 is 0 Å². The third kappa shape index (κ3) is 4.49. The van der Waals surface area contributed by atoms with Crippen molar-refractivity contribution in [3.8, 4) is 0 Å². The number of halogens is 1. The van der Waals surface area contributed by atoms with E-state index in [1.54, 1.807) is 28.5 Å². The van der Waals surface area contributed by atoms with Crippen LogP contribution in [0.2, 0.25) is 0 Å². The Hall–Kier alpha value is -2.74. The number of imidazole rings is 1. The molecule has 1 aromatic carbocycles. The van der Waals surface area contributed by atoms with Crippen LogP contribution in [0.1, 0.15) is 51.1 Å². The molecular weight excluding hydrogens is 397 g/mol. The van der Waals surface area contributed by atoms with Crippen LogP contribution in [0, 0.1) is 11.7 Å². The number of nitrogens with zero attached hydrogens (tertiary/aromatic N) is 4. The van der Waals surface area contributed by atoms with Crippen LogP contribution in [-0.2, 0) is 17.8 Å². The summed E-state index contributed by atoms with van der Waals surface area (Å²) in [5, 5.41) is 3.14. The summed E-state index contributed by atoms with van der Waals surface area (Å²) in [7, 11) is 1.75. The average molecular weight is 428 g/mol. The van der Waals surface area contributed by atoms with Gasteiger partial charge in [0, 0.05) is 32.2 Å². The minimum absolute atomic E-state index is 0.0354. The first-order chi connectivity index (χ1) is 15.0. The van der Waals surface area contributed by atoms with E-state index in [0.29, 0.717) is 30.6 Å². The molecule has 0 amide bonds. The van der Waals surface area contributed by atoms with Crippen molar-refractivity contribution in [1.82, 2.24) is 19.1 Å². The lowest BCUT2D eigenvalue weighted by atomic mass is 9.86. The van der Waals surface area contributed by atoms with Gasteiger partial charge in [-0.2, -0.15) is 4.98 Å². The molecule has 0 saturated heterocycles. The van der Waals surface area contributed by atoms with Crippen molar-refractivity contribution in [3.05, 3.63) is 52.3 Å². The topological polar surface area (TPSA) is 74.0 Å². The number of ether oxygens (including phenoxy) is 1. The molecule has 0 spiro atoms. The SMILES string of the molecule is COC1CCCCC1Cn1c(=O)n(C(C)C)c2nc(NCc3cccc(F)c3)ncc21. The normalized spacial score (nSPS) is 19.3. The van der Waals surface area contributed by atoms with Crippen LogP contribution >= 0.6 is 0 Å². The third-order valence-electron chi connectivity index (χ3n) is 6.12. The van der Waals surface area contributed by atoms with E-state index in [4.69, 9.17) is 4.74 Å². The highest BCUT2D eigenvalue weighted by Gasteiger charge is 2.28. The fourth-order valence-electron chi connectivity index (χ4n) is 4.54. The Bertz CT molecular complexity index is 1110. The van der Waals surface area contributed by atoms with Crippen molar-refractivity contribution in [3.63, 3.8) is 0 Å². The first-order valence-electron chi connectivity index (χ1n) is 11.0. The fraction of sp³-hybridized carbons (Fsp3) is 0.522. The summed E-state index contributed by atoms with van der Waals surface area (Å²) in [4.78, 5) is 22.4. The number of nitrogens with one attached hydrogen (secondary N) is 1. The van der Waals surface area contributed by atoms with Gasteiger partial charge in [0.25, 0.3) is 0 Å². The molecule has 4 rings (SSSR count). The zero-order valence-corrected chi connectivity index (χ0v) is 18.3. The number of fused-ring (bicyclic) bond motifs is 1. The van der Waals surface area contributed by atoms with E-state index in [1.807, 2.05) is 19.9 Å². The summed E-state index contributed by atoms with van der Waals surface area (Å²) in [5.74, 6) is 0.433. The van der Waals surface area contributed by atoms with Gasteiger partial charge in [0.15, 0.2) is 5.65 Å². The smallest absolute Gasteiger partial charge is 0.330 e. The van der Waals surface area contributed by atoms with Crippen LogP contribution in [0.15, 0.2) is 35.3 Å². The molecule has 1 N–H and O–H groups in total. The Kier molecular flexibility index (Phi) is 6.36. The molecule has 0 bridgehead atoms. The average Bonchev–Trinajstić information content (AvgIpc) is 3.03. The van der Waals surface area contributed by atoms with E-state index in [9.17, 15) is 9.18 Å². The number of rotatable bonds is 7. The number of aromatic nitrogens is 4. The summed E-state index contributed by atoms with van der Waals surface area (Å²) in [6.45, 7) is 4.96. The molecule has 1 fully saturated rings. The van der Waals surface area contributed by atoms with Gasteiger partial charge in [0.1, 0.15) is 11.3 Å². The quantitative estimate of drug-likeness (QED) is 0.614. The van der Waals surface area contributed by atoms with Crippen molar-refractivity contribution in [2.75, 3.05) is 12.4 Å². The molecule has 2 heterocycles. The lowest BCUT2D eigenvalue weighted by molar-refractivity contribution is 0.0170. The van der Waals surface area contributed by atoms with Crippen LogP contribution in [0.4, 0.5) is 10.3 Å². The van der Waals surface area contributed by atoms with E-state index in [1.165, 1.54) is 18.6 Å². The van der Waals surface area contributed by atoms with E-state index >= 15 is 0 Å². The summed E-state index contributed by atoms with van der Waals surface area (Å²) in [6.07, 6.45) is 6.29. The van der Waals surface area contributed by atoms with Gasteiger partial charge in [-0.3, -0.25) is 9.13 Å². The molecular formula is C23H30FN5O2. The van der Waals surface area contributed by atoms with Gasteiger partial charge in [-0.15, -0.1) is 0 Å². The maximum atomic E-state index is 13.4. The largest absolute Gasteiger partial charge is 0.381 e. The van der Waals surface area contributed by atoms with E-state index in [2.05, 4.69) is 15.3 Å². The Morgan fingerprint density at radius 2 is 2.10 bits per heavy atom. The van der Waals surface area contributed by atoms with E-state index in [-0.39, 0.29) is 23.7 Å². The molecule has 8 heteroatoms. The Morgan fingerprint density at radius 1 is 1.29 bits per heavy atom. The maximum absolute atomic E-state index is 13.4. The fourth-order valence-corrected chi connectivity index (χ4v) is 4.54. The van der Waals surface area contributed by atoms with Gasteiger partial charge in [-0.1, -0.05) is 25.0 Å². The summed E-state index contributed by atoms with van der Waals surface area (Å²) >= 11 is 0. The van der Waals surface area contributed by atoms with Gasteiger partial charge in [0.05, 0.1) is 12.3 Å². The first kappa shape index (κ1) is 21.5. The maximum Gasteiger partial charge on any atom is 0.330 e. The molecule has 2 aromatic heterocycles. The third-order valence-corrected chi connectivity index (χ3v) is 6.12. The highest BCUT2D eigenvalue weighted by Crippen LogP contribution is 2.29. The van der Waals surface area contributed by atoms with Crippen LogP contribution < -0.4 is 11.0 Å². The van der Waals surface area contributed by atoms with Crippen LogP contribution in [0.5, 0.6) is 0 Å². The van der Waals surface area contributed by atoms with Crippen molar-refractivity contribution in [2.45, 2.75) is 64.8 Å². The van der Waals surface area contributed by atoms with Crippen molar-refractivity contribution in [1.29, 1.82) is 0 Å². The van der Waals surface area contributed by atoms with Crippen LogP contribution in [-0.4, -0.2) is 32.3 Å². The molecule has 0 aliphatic heterocycles. The molecule has 1 saturated carbocycles. The second-order valence-electron chi connectivity index (χ2n) is 8.56. The number of anilines is 1. The molecule has 2 atom stereocenters. The Balaban J connectivity index is 1.65. The predicted molar refractivity (Wildman–Crippen MR) is 119 cm³/mol. The minimum Gasteiger partial charge on any atom is -0.381 e. The zero-order valence-electron chi connectivity index (χ0n) is 18.3. The molecule has 7 nitrogen and oxygen atoms in total. The lowest BCUT2D eigenvalue weighted by Crippen LogP contribution is -2.34. The lowest BCUT2D eigenvalue weighted by Gasteiger charge is -2.30. The van der Waals surface area contributed by atoms with Crippen molar-refractivity contribution < 1.29 is 9.13 Å². The van der Waals surface area contributed by atoms with Gasteiger partial charge in [0.2, 0.25) is 5.95 Å². The molecule has 3 aromatic rings. The van der Waals surface area contributed by atoms with Crippen molar-refractivity contribution in [2.24, 2.45) is 5.92 Å². The molecule has 31 heavy (non-hydrogen) atoms. The minimum atomic E-state index is -0.279. The summed E-state index contributed by atoms with van der Waals surface area (Å²) < 4.78 is 22.6. The molecule has 1 aliphatic rings. The molecule has 0 radical (unpaired) electrons. The van der Waals surface area contributed by atoms with Gasteiger partial charge < -0.3 is 10.1 Å². The first-order valence-corrected chi connectivity index (χ1v) is 11.0. The van der Waals surface area contributed by atoms with Gasteiger partial charge >= 0.3 is 5.69 Å². The summed E-state index contributed by atoms with van der Waals surface area (Å²) in [6, 6.07) is 6.36. The second-order valence-corrected chi connectivity index (χ2v) is 8.56. The van der Waals surface area contributed by atoms with Gasteiger partial charge in [-0.25, -0.2) is 14.2 Å². The number of methoxy groups -OCH3 is 1. The van der Waals surface area contributed by atoms with Crippen LogP contribution in [0.25, 0.3) is 11.2 Å². The second kappa shape index (κ2) is 9.18. The Morgan fingerprint density at radius 3 is 2.84 bits per heavy atom. The van der Waals surface area contributed by atoms with Crippen molar-refractivity contribution >= 4 is 17.1 Å². The monoisotopic (exact) mass is 427 g/mol. The number of hydrogen-bond acceptors (Lipinski definition) is 5. The highest BCUT2D eigenvalue weighted by atomic mass is 19.1. The predicted octanol–water partition coefficient (Wildman–Crippen LogP) is 4.13. The standard InChI is InChI=1S/C23H30FN5O2/c1-15(2)29-21-19(28(23(29)30)14-17-8-4-5-10-20(17)31-3)13-26-22(27-21)25-12-16-7-6-9-18(24)11-16/h6-7,9,11,13,15,17,20H,4-5,8,10,12,14H2,1-3H3,(H,25,26,27). The number of hydrogen-bond donors (Lipinski definition) is 1. The van der Waals surface area contributed by atoms with E-state index in [0.717, 1.165) is 30.3 Å². The highest BCUT2D eigenvalue weighted by molar-refractivity contribution is 5.72. The molecule has 166 valence electrons. The van der Waals surface area contributed by atoms with Crippen LogP contribution in [0.3, 0.4) is 0 Å². The number of benzene rings is 1. The van der Waals surface area contributed by atoms with Gasteiger partial charge in [-0.05, 0) is 44.4 Å².